The second kappa shape index (κ2) is 2.68. The van der Waals surface area contributed by atoms with Crippen LogP contribution < -0.4 is 0 Å². The van der Waals surface area contributed by atoms with Crippen LogP contribution in [-0.4, -0.2) is 9.97 Å². The Morgan fingerprint density at radius 1 is 1.25 bits per heavy atom. The zero-order valence-electron chi connectivity index (χ0n) is 5.96. The minimum absolute atomic E-state index is 0.279. The Balaban J connectivity index is 2.96. The summed E-state index contributed by atoms with van der Waals surface area (Å²) in [7, 11) is 0. The van der Waals surface area contributed by atoms with Gasteiger partial charge in [-0.15, -0.1) is 0 Å². The first-order valence-electron chi connectivity index (χ1n) is 3.34. The third-order valence-corrected chi connectivity index (χ3v) is 1.88. The molecule has 2 rings (SSSR count). The molecule has 0 unspecified atom stereocenters. The Morgan fingerprint density at radius 2 is 2.08 bits per heavy atom. The molecule has 2 aromatic rings. The first-order valence-corrected chi connectivity index (χ1v) is 3.71. The lowest BCUT2D eigenvalue weighted by atomic mass is 10.2. The van der Waals surface area contributed by atoms with Crippen LogP contribution in [0, 0.1) is 5.95 Å². The number of rotatable bonds is 0. The van der Waals surface area contributed by atoms with Crippen LogP contribution in [0.15, 0.2) is 24.5 Å². The van der Waals surface area contributed by atoms with Gasteiger partial charge in [0.05, 0.1) is 15.9 Å². The molecule has 4 heteroatoms. The van der Waals surface area contributed by atoms with Crippen LogP contribution in [0.2, 0.25) is 5.02 Å². The maximum atomic E-state index is 13.0. The van der Waals surface area contributed by atoms with Gasteiger partial charge in [-0.3, -0.25) is 0 Å². The van der Waals surface area contributed by atoms with Crippen LogP contribution in [0.5, 0.6) is 0 Å². The maximum absolute atomic E-state index is 13.0. The van der Waals surface area contributed by atoms with Gasteiger partial charge in [0, 0.05) is 0 Å². The Bertz CT molecular complexity index is 394. The molecule has 0 saturated carbocycles. The molecular formula is C8H4ClFN2. The molecule has 0 atom stereocenters. The molecule has 1 aromatic carbocycles. The zero-order valence-corrected chi connectivity index (χ0v) is 6.72. The van der Waals surface area contributed by atoms with Crippen LogP contribution >= 0.6 is 11.6 Å². The van der Waals surface area contributed by atoms with Gasteiger partial charge >= 0.3 is 0 Å². The highest BCUT2D eigenvalue weighted by atomic mass is 35.5. The quantitative estimate of drug-likeness (QED) is 0.585. The second-order valence-electron chi connectivity index (χ2n) is 2.30. The lowest BCUT2D eigenvalue weighted by Gasteiger charge is -1.97. The number of hydrogen-bond donors (Lipinski definition) is 0. The molecule has 0 radical (unpaired) electrons. The predicted molar refractivity (Wildman–Crippen MR) is 44.5 cm³/mol. The van der Waals surface area contributed by atoms with Crippen LogP contribution in [0.4, 0.5) is 4.39 Å². The van der Waals surface area contributed by atoms with E-state index in [9.17, 15) is 4.39 Å². The van der Waals surface area contributed by atoms with E-state index in [2.05, 4.69) is 9.97 Å². The normalized spacial score (nSPS) is 10.5. The molecule has 1 aromatic heterocycles. The molecule has 0 spiro atoms. The molecular weight excluding hydrogens is 179 g/mol. The maximum Gasteiger partial charge on any atom is 0.225 e. The molecule has 0 aliphatic rings. The molecule has 0 fully saturated rings. The van der Waals surface area contributed by atoms with Crippen molar-refractivity contribution in [3.8, 4) is 0 Å². The first-order chi connectivity index (χ1) is 5.79. The molecule has 0 aliphatic heterocycles. The highest BCUT2D eigenvalue weighted by molar-refractivity contribution is 6.35. The fourth-order valence-electron chi connectivity index (χ4n) is 1.03. The molecule has 0 N–H and O–H groups in total. The van der Waals surface area contributed by atoms with Crippen molar-refractivity contribution < 1.29 is 4.39 Å². The SMILES string of the molecule is Fc1ncnc2cccc(Cl)c12. The lowest BCUT2D eigenvalue weighted by Crippen LogP contribution is -1.88. The van der Waals surface area contributed by atoms with Crippen molar-refractivity contribution in [1.82, 2.24) is 9.97 Å². The standard InChI is InChI=1S/C8H4ClFN2/c9-5-2-1-3-6-7(5)8(10)12-4-11-6/h1-4H. The molecule has 0 aliphatic carbocycles. The Hall–Kier alpha value is -1.22. The summed E-state index contributed by atoms with van der Waals surface area (Å²) in [4.78, 5) is 7.27. The van der Waals surface area contributed by atoms with E-state index in [1.807, 2.05) is 0 Å². The van der Waals surface area contributed by atoms with E-state index in [0.717, 1.165) is 0 Å². The van der Waals surface area contributed by atoms with E-state index in [1.165, 1.54) is 6.33 Å². The minimum atomic E-state index is -0.578. The van der Waals surface area contributed by atoms with E-state index in [-0.39, 0.29) is 5.39 Å². The van der Waals surface area contributed by atoms with Gasteiger partial charge in [0.25, 0.3) is 0 Å². The number of benzene rings is 1. The van der Waals surface area contributed by atoms with Crippen molar-refractivity contribution in [3.05, 3.63) is 35.5 Å². The van der Waals surface area contributed by atoms with Gasteiger partial charge in [0.1, 0.15) is 6.33 Å². The lowest BCUT2D eigenvalue weighted by molar-refractivity contribution is 0.594. The summed E-state index contributed by atoms with van der Waals surface area (Å²) < 4.78 is 13.0. The Morgan fingerprint density at radius 3 is 2.83 bits per heavy atom. The molecule has 0 saturated heterocycles. The summed E-state index contributed by atoms with van der Waals surface area (Å²) in [5.41, 5.74) is 0.523. The van der Waals surface area contributed by atoms with Gasteiger partial charge in [-0.05, 0) is 12.1 Å². The second-order valence-corrected chi connectivity index (χ2v) is 2.71. The van der Waals surface area contributed by atoms with Gasteiger partial charge in [0.15, 0.2) is 0 Å². The van der Waals surface area contributed by atoms with Crippen molar-refractivity contribution >= 4 is 22.5 Å². The summed E-state index contributed by atoms with van der Waals surface area (Å²) in [5.74, 6) is -0.578. The number of fused-ring (bicyclic) bond motifs is 1. The average Bonchev–Trinajstić information content (AvgIpc) is 2.04. The molecule has 1 heterocycles. The summed E-state index contributed by atoms with van der Waals surface area (Å²) in [5, 5.41) is 0.618. The summed E-state index contributed by atoms with van der Waals surface area (Å²) in [6, 6.07) is 5.01. The average molecular weight is 183 g/mol. The van der Waals surface area contributed by atoms with Crippen molar-refractivity contribution in [2.75, 3.05) is 0 Å². The van der Waals surface area contributed by atoms with Crippen molar-refractivity contribution in [2.45, 2.75) is 0 Å². The van der Waals surface area contributed by atoms with Crippen molar-refractivity contribution in [1.29, 1.82) is 0 Å². The third-order valence-electron chi connectivity index (χ3n) is 1.57. The first kappa shape index (κ1) is 7.43. The number of hydrogen-bond acceptors (Lipinski definition) is 2. The summed E-state index contributed by atoms with van der Waals surface area (Å²) in [6.07, 6.45) is 1.17. The van der Waals surface area contributed by atoms with Gasteiger partial charge in [0.2, 0.25) is 5.95 Å². The molecule has 0 amide bonds. The minimum Gasteiger partial charge on any atom is -0.236 e. The van der Waals surface area contributed by atoms with Gasteiger partial charge in [-0.2, -0.15) is 4.39 Å². The van der Waals surface area contributed by atoms with Gasteiger partial charge in [-0.25, -0.2) is 9.97 Å². The largest absolute Gasteiger partial charge is 0.236 e. The van der Waals surface area contributed by atoms with E-state index >= 15 is 0 Å². The number of halogens is 2. The van der Waals surface area contributed by atoms with Gasteiger partial charge < -0.3 is 0 Å². The molecule has 60 valence electrons. The predicted octanol–water partition coefficient (Wildman–Crippen LogP) is 2.42. The van der Waals surface area contributed by atoms with Crippen LogP contribution in [0.1, 0.15) is 0 Å². The van der Waals surface area contributed by atoms with E-state index in [4.69, 9.17) is 11.6 Å². The molecule has 2 nitrogen and oxygen atoms in total. The highest BCUT2D eigenvalue weighted by Crippen LogP contribution is 2.22. The summed E-state index contributed by atoms with van der Waals surface area (Å²) >= 11 is 5.74. The van der Waals surface area contributed by atoms with Gasteiger partial charge in [-0.1, -0.05) is 17.7 Å². The summed E-state index contributed by atoms with van der Waals surface area (Å²) in [6.45, 7) is 0. The zero-order chi connectivity index (χ0) is 8.55. The number of aromatic nitrogens is 2. The smallest absolute Gasteiger partial charge is 0.225 e. The molecule has 12 heavy (non-hydrogen) atoms. The topological polar surface area (TPSA) is 25.8 Å². The van der Waals surface area contributed by atoms with E-state index in [0.29, 0.717) is 10.5 Å². The van der Waals surface area contributed by atoms with E-state index < -0.39 is 5.95 Å². The van der Waals surface area contributed by atoms with E-state index in [1.54, 1.807) is 18.2 Å². The van der Waals surface area contributed by atoms with Crippen LogP contribution in [0.25, 0.3) is 10.9 Å². The third kappa shape index (κ3) is 1.02. The fraction of sp³-hybridized carbons (Fsp3) is 0. The molecule has 0 bridgehead atoms. The highest BCUT2D eigenvalue weighted by Gasteiger charge is 2.05. The monoisotopic (exact) mass is 182 g/mol. The van der Waals surface area contributed by atoms with Crippen molar-refractivity contribution in [3.63, 3.8) is 0 Å². The Labute approximate surface area is 73.0 Å². The van der Waals surface area contributed by atoms with Crippen LogP contribution in [0.3, 0.4) is 0 Å². The number of nitrogens with zero attached hydrogens (tertiary/aromatic N) is 2. The van der Waals surface area contributed by atoms with Crippen molar-refractivity contribution in [2.24, 2.45) is 0 Å². The van der Waals surface area contributed by atoms with Crippen LogP contribution in [-0.2, 0) is 0 Å². The fourth-order valence-corrected chi connectivity index (χ4v) is 1.28. The Kier molecular flexibility index (Phi) is 1.66.